The van der Waals surface area contributed by atoms with Crippen LogP contribution in [0.5, 0.6) is 0 Å². The molecule has 12 heteroatoms. The largest absolute Gasteiger partial charge is 0.411 e. The van der Waals surface area contributed by atoms with Crippen LogP contribution in [-0.4, -0.2) is 61.4 Å². The van der Waals surface area contributed by atoms with E-state index in [0.29, 0.717) is 23.0 Å². The number of ether oxygens (including phenoxy) is 2. The summed E-state index contributed by atoms with van der Waals surface area (Å²) in [5.74, 6) is -2.67. The smallest absolute Gasteiger partial charge is 0.381 e. The average Bonchev–Trinajstić information content (AvgIpc) is 3.54. The van der Waals surface area contributed by atoms with Gasteiger partial charge in [0.15, 0.2) is 0 Å². The van der Waals surface area contributed by atoms with E-state index < -0.39 is 18.7 Å². The molecule has 35 heavy (non-hydrogen) atoms. The minimum Gasteiger partial charge on any atom is -0.381 e. The fourth-order valence-corrected chi connectivity index (χ4v) is 3.46. The first kappa shape index (κ1) is 28.9. The highest BCUT2D eigenvalue weighted by molar-refractivity contribution is 5.78. The van der Waals surface area contributed by atoms with Crippen molar-refractivity contribution >= 4 is 16.9 Å². The Hall–Kier alpha value is -2.31. The van der Waals surface area contributed by atoms with Gasteiger partial charge in [0.25, 0.3) is 0 Å². The third kappa shape index (κ3) is 10.9. The minimum atomic E-state index is -4.35. The quantitative estimate of drug-likeness (QED) is 0.350. The number of H-pyrrole nitrogens is 1. The Balaban J connectivity index is 0.000000538. The van der Waals surface area contributed by atoms with Crippen LogP contribution in [0.3, 0.4) is 0 Å². The zero-order valence-electron chi connectivity index (χ0n) is 19.9. The topological polar surface area (TPSA) is 102 Å². The van der Waals surface area contributed by atoms with Gasteiger partial charge in [-0.25, -0.2) is 13.8 Å². The Morgan fingerprint density at radius 3 is 2.49 bits per heavy atom. The summed E-state index contributed by atoms with van der Waals surface area (Å²) in [6.07, 6.45) is -1.33. The summed E-state index contributed by atoms with van der Waals surface area (Å²) in [7, 11) is 3.26. The van der Waals surface area contributed by atoms with Gasteiger partial charge in [0.1, 0.15) is 12.4 Å². The highest BCUT2D eigenvalue weighted by Gasteiger charge is 2.45. The summed E-state index contributed by atoms with van der Waals surface area (Å²) in [5, 5.41) is 2.71. The average molecular weight is 509 g/mol. The van der Waals surface area contributed by atoms with Crippen molar-refractivity contribution in [2.45, 2.75) is 63.3 Å². The van der Waals surface area contributed by atoms with Crippen LogP contribution in [-0.2, 0) is 27.2 Å². The van der Waals surface area contributed by atoms with Crippen LogP contribution < -0.4 is 11.1 Å². The third-order valence-electron chi connectivity index (χ3n) is 5.34. The van der Waals surface area contributed by atoms with E-state index in [2.05, 4.69) is 25.8 Å². The molecule has 2 aliphatic rings. The van der Waals surface area contributed by atoms with Crippen molar-refractivity contribution in [3.8, 4) is 0 Å². The normalized spacial score (nSPS) is 17.0. The molecular weight excluding hydrogens is 475 g/mol. The summed E-state index contributed by atoms with van der Waals surface area (Å²) in [5.41, 5.74) is 6.64. The molecule has 2 aromatic rings. The molecule has 0 radical (unpaired) electrons. The highest BCUT2D eigenvalue weighted by atomic mass is 19.4. The maximum atomic E-state index is 12.8. The first-order valence-electron chi connectivity index (χ1n) is 11.4. The molecule has 2 aliphatic carbocycles. The maximum Gasteiger partial charge on any atom is 0.411 e. The summed E-state index contributed by atoms with van der Waals surface area (Å²) < 4.78 is 71.1. The van der Waals surface area contributed by atoms with E-state index in [-0.39, 0.29) is 50.7 Å². The number of hydrogen-bond donors (Lipinski definition) is 3. The van der Waals surface area contributed by atoms with E-state index in [4.69, 9.17) is 4.74 Å². The van der Waals surface area contributed by atoms with Gasteiger partial charge < -0.3 is 25.5 Å². The molecular formula is C23H33F5N4O3. The van der Waals surface area contributed by atoms with Gasteiger partial charge in [-0.1, -0.05) is 6.07 Å². The molecule has 1 aromatic carbocycles. The van der Waals surface area contributed by atoms with Crippen LogP contribution in [0, 0.1) is 5.92 Å². The first-order chi connectivity index (χ1) is 16.5. The van der Waals surface area contributed by atoms with E-state index in [0.717, 1.165) is 5.56 Å². The van der Waals surface area contributed by atoms with Crippen LogP contribution >= 0.6 is 0 Å². The van der Waals surface area contributed by atoms with Crippen LogP contribution in [0.4, 0.5) is 22.0 Å². The van der Waals surface area contributed by atoms with Crippen molar-refractivity contribution in [3.05, 3.63) is 29.6 Å². The summed E-state index contributed by atoms with van der Waals surface area (Å²) >= 11 is 0. The lowest BCUT2D eigenvalue weighted by Crippen LogP contribution is -2.38. The number of benzene rings is 1. The number of rotatable bonds is 9. The number of imidazole rings is 1. The summed E-state index contributed by atoms with van der Waals surface area (Å²) in [4.78, 5) is 19.1. The van der Waals surface area contributed by atoms with E-state index in [1.54, 1.807) is 25.3 Å². The van der Waals surface area contributed by atoms with Crippen molar-refractivity contribution in [1.82, 2.24) is 15.3 Å². The number of halogens is 5. The number of fused-ring (bicyclic) bond motifs is 1. The molecule has 0 unspecified atom stereocenters. The number of carbonyl (C=O) groups is 1. The van der Waals surface area contributed by atoms with Crippen molar-refractivity contribution in [3.63, 3.8) is 0 Å². The van der Waals surface area contributed by atoms with Gasteiger partial charge in [-0.15, -0.1) is 0 Å². The highest BCUT2D eigenvalue weighted by Crippen LogP contribution is 2.43. The molecule has 1 amide bonds. The second-order valence-electron chi connectivity index (χ2n) is 8.50. The molecule has 0 aliphatic heterocycles. The van der Waals surface area contributed by atoms with Crippen molar-refractivity contribution in [2.24, 2.45) is 11.7 Å². The molecule has 0 spiro atoms. The van der Waals surface area contributed by atoms with Crippen LogP contribution in [0.25, 0.3) is 11.0 Å². The predicted molar refractivity (Wildman–Crippen MR) is 121 cm³/mol. The number of carbonyl (C=O) groups excluding carboxylic acids is 1. The minimum absolute atomic E-state index is 0.0873. The number of aromatic amines is 1. The van der Waals surface area contributed by atoms with Crippen molar-refractivity contribution in [1.29, 1.82) is 0 Å². The SMILES string of the molecule is CN.COC1CC1.O=C(CC1CC(F)(F)C1)NCc1ccc2nc(CCOCC(F)(F)F)[nH]c2c1. The van der Waals surface area contributed by atoms with E-state index in [1.807, 2.05) is 0 Å². The number of methoxy groups -OCH3 is 1. The first-order valence-corrected chi connectivity index (χ1v) is 11.4. The van der Waals surface area contributed by atoms with Gasteiger partial charge in [0.2, 0.25) is 11.8 Å². The lowest BCUT2D eigenvalue weighted by atomic mass is 9.79. The molecule has 0 bridgehead atoms. The Labute approximate surface area is 200 Å². The Morgan fingerprint density at radius 2 is 1.94 bits per heavy atom. The number of nitrogens with one attached hydrogen (secondary N) is 2. The molecule has 1 heterocycles. The fraction of sp³-hybridized carbons (Fsp3) is 0.652. The van der Waals surface area contributed by atoms with Crippen LogP contribution in [0.1, 0.15) is 43.5 Å². The zero-order chi connectivity index (χ0) is 26.1. The van der Waals surface area contributed by atoms with Gasteiger partial charge >= 0.3 is 6.18 Å². The van der Waals surface area contributed by atoms with Gasteiger partial charge in [-0.05, 0) is 43.5 Å². The van der Waals surface area contributed by atoms with Crippen molar-refractivity contribution in [2.75, 3.05) is 27.4 Å². The second-order valence-corrected chi connectivity index (χ2v) is 8.50. The number of amides is 1. The lowest BCUT2D eigenvalue weighted by molar-refractivity contribution is -0.173. The summed E-state index contributed by atoms with van der Waals surface area (Å²) in [6.45, 7) is -1.15. The molecule has 2 fully saturated rings. The number of aromatic nitrogens is 2. The number of nitrogens with two attached hydrogens (primary N) is 1. The summed E-state index contributed by atoms with van der Waals surface area (Å²) in [6, 6.07) is 5.28. The molecule has 4 N–H and O–H groups in total. The van der Waals surface area contributed by atoms with E-state index in [9.17, 15) is 26.7 Å². The monoisotopic (exact) mass is 508 g/mol. The Bertz CT molecular complexity index is 924. The van der Waals surface area contributed by atoms with E-state index >= 15 is 0 Å². The Morgan fingerprint density at radius 1 is 1.26 bits per heavy atom. The Kier molecular flexibility index (Phi) is 10.8. The molecule has 4 rings (SSSR count). The number of alkyl halides is 5. The molecule has 1 aromatic heterocycles. The van der Waals surface area contributed by atoms with Gasteiger partial charge in [-0.3, -0.25) is 4.79 Å². The zero-order valence-corrected chi connectivity index (χ0v) is 19.9. The maximum absolute atomic E-state index is 12.8. The van der Waals surface area contributed by atoms with Crippen LogP contribution in [0.15, 0.2) is 18.2 Å². The van der Waals surface area contributed by atoms with Gasteiger partial charge in [-0.2, -0.15) is 13.2 Å². The molecule has 198 valence electrons. The van der Waals surface area contributed by atoms with Crippen LogP contribution in [0.2, 0.25) is 0 Å². The molecule has 0 atom stereocenters. The number of hydrogen-bond acceptors (Lipinski definition) is 5. The van der Waals surface area contributed by atoms with E-state index in [1.165, 1.54) is 19.9 Å². The lowest BCUT2D eigenvalue weighted by Gasteiger charge is -2.34. The fourth-order valence-electron chi connectivity index (χ4n) is 3.46. The standard InChI is InChI=1S/C18H20F5N3O2.C4H8O.CH5N/c19-17(20)7-12(8-17)6-16(27)24-9-11-1-2-13-14(5-11)26-15(25-13)3-4-28-10-18(21,22)23;1-5-4-2-3-4;1-2/h1-2,5,12H,3-4,6-10H2,(H,24,27)(H,25,26);4H,2-3H2,1H3;2H2,1H3. The third-order valence-corrected chi connectivity index (χ3v) is 5.34. The molecule has 7 nitrogen and oxygen atoms in total. The van der Waals surface area contributed by atoms with Crippen molar-refractivity contribution < 1.29 is 36.2 Å². The number of nitrogens with zero attached hydrogens (tertiary/aromatic N) is 1. The molecule has 2 saturated carbocycles. The molecule has 0 saturated heterocycles. The van der Waals surface area contributed by atoms with Gasteiger partial charge in [0.05, 0.1) is 23.7 Å². The predicted octanol–water partition coefficient (Wildman–Crippen LogP) is 4.11. The van der Waals surface area contributed by atoms with Gasteiger partial charge in [0, 0.05) is 39.3 Å². The second kappa shape index (κ2) is 13.1.